The molecule has 2 heterocycles. The van der Waals surface area contributed by atoms with Gasteiger partial charge in [0.2, 0.25) is 0 Å². The van der Waals surface area contributed by atoms with E-state index in [0.717, 1.165) is 0 Å². The molecule has 3 rings (SSSR count). The molecular weight excluding hydrogens is 296 g/mol. The summed E-state index contributed by atoms with van der Waals surface area (Å²) < 4.78 is 11.2. The van der Waals surface area contributed by atoms with Gasteiger partial charge in [-0.2, -0.15) is 0 Å². The number of benzene rings is 1. The Morgan fingerprint density at radius 3 is 2.91 bits per heavy atom. The molecule has 7 heteroatoms. The summed E-state index contributed by atoms with van der Waals surface area (Å²) in [6.45, 7) is 2.34. The van der Waals surface area contributed by atoms with Crippen LogP contribution in [0, 0.1) is 0 Å². The molecule has 1 aliphatic heterocycles. The average molecular weight is 314 g/mol. The molecule has 23 heavy (non-hydrogen) atoms. The summed E-state index contributed by atoms with van der Waals surface area (Å²) in [5, 5.41) is 0. The predicted octanol–water partition coefficient (Wildman–Crippen LogP) is 1.44. The fourth-order valence-corrected chi connectivity index (χ4v) is 2.38. The number of fused-ring (bicyclic) bond motifs is 1. The quantitative estimate of drug-likeness (QED) is 0.828. The van der Waals surface area contributed by atoms with Gasteiger partial charge in [-0.1, -0.05) is 6.07 Å². The Labute approximate surface area is 133 Å². The van der Waals surface area contributed by atoms with Gasteiger partial charge in [0.15, 0.2) is 17.7 Å². The van der Waals surface area contributed by atoms with Crippen molar-refractivity contribution in [1.82, 2.24) is 4.98 Å². The largest absolute Gasteiger partial charge is 0.492 e. The molecule has 2 aromatic rings. The number of carbonyl (C=O) groups is 1. The van der Waals surface area contributed by atoms with Crippen LogP contribution in [0.5, 0.6) is 11.5 Å². The van der Waals surface area contributed by atoms with Gasteiger partial charge >= 0.3 is 0 Å². The minimum absolute atomic E-state index is 0.174. The van der Waals surface area contributed by atoms with Crippen molar-refractivity contribution >= 4 is 23.2 Å². The van der Waals surface area contributed by atoms with Gasteiger partial charge in [-0.25, -0.2) is 4.98 Å². The van der Waals surface area contributed by atoms with E-state index in [4.69, 9.17) is 20.9 Å². The first-order valence-corrected chi connectivity index (χ1v) is 7.27. The van der Waals surface area contributed by atoms with Crippen LogP contribution in [0.1, 0.15) is 6.92 Å². The standard InChI is InChI=1S/C16H18N4O3/c1-10-16(21)20(15-13(23-10)5-6-14(18)19-15)7-8-22-12-4-2-3-11(17)9-12/h2-6,9-10H,7-8,17H2,1H3,(H2,18,19). The van der Waals surface area contributed by atoms with Crippen molar-refractivity contribution in [3.63, 3.8) is 0 Å². The minimum Gasteiger partial charge on any atom is -0.492 e. The number of nitrogens with zero attached hydrogens (tertiary/aromatic N) is 2. The van der Waals surface area contributed by atoms with Crippen LogP contribution >= 0.6 is 0 Å². The van der Waals surface area contributed by atoms with Crippen LogP contribution in [0.3, 0.4) is 0 Å². The van der Waals surface area contributed by atoms with Crippen LogP contribution in [0.15, 0.2) is 36.4 Å². The highest BCUT2D eigenvalue weighted by molar-refractivity contribution is 5.98. The number of rotatable bonds is 4. The Morgan fingerprint density at radius 2 is 2.13 bits per heavy atom. The number of carbonyl (C=O) groups excluding carboxylic acids is 1. The number of aromatic nitrogens is 1. The molecule has 0 spiro atoms. The summed E-state index contributed by atoms with van der Waals surface area (Å²) in [7, 11) is 0. The molecule has 0 saturated carbocycles. The van der Waals surface area contributed by atoms with Crippen LogP contribution in [-0.2, 0) is 4.79 Å². The molecular formula is C16H18N4O3. The van der Waals surface area contributed by atoms with Crippen LogP contribution in [0.2, 0.25) is 0 Å². The number of ether oxygens (including phenoxy) is 2. The zero-order chi connectivity index (χ0) is 16.4. The van der Waals surface area contributed by atoms with E-state index in [0.29, 0.717) is 42.0 Å². The van der Waals surface area contributed by atoms with Gasteiger partial charge in [-0.3, -0.25) is 9.69 Å². The number of nitrogens with two attached hydrogens (primary N) is 2. The van der Waals surface area contributed by atoms with Crippen molar-refractivity contribution in [2.24, 2.45) is 0 Å². The third-order valence-corrected chi connectivity index (χ3v) is 3.48. The van der Waals surface area contributed by atoms with E-state index < -0.39 is 6.10 Å². The van der Waals surface area contributed by atoms with Crippen molar-refractivity contribution in [2.45, 2.75) is 13.0 Å². The average Bonchev–Trinajstić information content (AvgIpc) is 2.52. The Bertz CT molecular complexity index is 735. The third-order valence-electron chi connectivity index (χ3n) is 3.48. The highest BCUT2D eigenvalue weighted by Gasteiger charge is 2.32. The van der Waals surface area contributed by atoms with E-state index in [1.807, 2.05) is 12.1 Å². The lowest BCUT2D eigenvalue weighted by atomic mass is 10.2. The first-order valence-electron chi connectivity index (χ1n) is 7.27. The number of hydrogen-bond acceptors (Lipinski definition) is 6. The molecule has 0 aliphatic carbocycles. The van der Waals surface area contributed by atoms with Gasteiger partial charge < -0.3 is 20.9 Å². The molecule has 1 amide bonds. The van der Waals surface area contributed by atoms with Gasteiger partial charge in [0.1, 0.15) is 18.2 Å². The molecule has 0 fully saturated rings. The van der Waals surface area contributed by atoms with Gasteiger partial charge in [-0.15, -0.1) is 0 Å². The SMILES string of the molecule is CC1Oc2ccc(N)nc2N(CCOc2cccc(N)c2)C1=O. The van der Waals surface area contributed by atoms with Crippen LogP contribution in [0.25, 0.3) is 0 Å². The van der Waals surface area contributed by atoms with Crippen molar-refractivity contribution in [3.8, 4) is 11.5 Å². The van der Waals surface area contributed by atoms with Crippen molar-refractivity contribution < 1.29 is 14.3 Å². The molecule has 120 valence electrons. The van der Waals surface area contributed by atoms with Crippen LogP contribution in [0.4, 0.5) is 17.3 Å². The lowest BCUT2D eigenvalue weighted by molar-refractivity contribution is -0.125. The van der Waals surface area contributed by atoms with E-state index in [2.05, 4.69) is 4.98 Å². The second kappa shape index (κ2) is 6.04. The predicted molar refractivity (Wildman–Crippen MR) is 87.4 cm³/mol. The van der Waals surface area contributed by atoms with Crippen LogP contribution in [-0.4, -0.2) is 30.1 Å². The maximum atomic E-state index is 12.3. The molecule has 0 saturated heterocycles. The van der Waals surface area contributed by atoms with Gasteiger partial charge in [0, 0.05) is 11.8 Å². The highest BCUT2D eigenvalue weighted by Crippen LogP contribution is 2.32. The zero-order valence-corrected chi connectivity index (χ0v) is 12.7. The normalized spacial score (nSPS) is 16.7. The number of nitrogen functional groups attached to an aromatic ring is 2. The van der Waals surface area contributed by atoms with Crippen LogP contribution < -0.4 is 25.8 Å². The Hall–Kier alpha value is -2.96. The van der Waals surface area contributed by atoms with Crippen molar-refractivity contribution in [2.75, 3.05) is 29.5 Å². The molecule has 4 N–H and O–H groups in total. The molecule has 1 aromatic carbocycles. The van der Waals surface area contributed by atoms with Gasteiger partial charge in [0.25, 0.3) is 5.91 Å². The maximum absolute atomic E-state index is 12.3. The molecule has 1 aliphatic rings. The summed E-state index contributed by atoms with van der Waals surface area (Å²) in [4.78, 5) is 18.1. The molecule has 1 unspecified atom stereocenters. The molecule has 0 bridgehead atoms. The third kappa shape index (κ3) is 3.13. The minimum atomic E-state index is -0.569. The number of amides is 1. The Morgan fingerprint density at radius 1 is 1.30 bits per heavy atom. The summed E-state index contributed by atoms with van der Waals surface area (Å²) >= 11 is 0. The van der Waals surface area contributed by atoms with E-state index in [9.17, 15) is 4.79 Å². The summed E-state index contributed by atoms with van der Waals surface area (Å²) in [6.07, 6.45) is -0.569. The monoisotopic (exact) mass is 314 g/mol. The summed E-state index contributed by atoms with van der Waals surface area (Å²) in [5.74, 6) is 1.77. The summed E-state index contributed by atoms with van der Waals surface area (Å²) in [6, 6.07) is 10.5. The lowest BCUT2D eigenvalue weighted by Crippen LogP contribution is -2.46. The maximum Gasteiger partial charge on any atom is 0.269 e. The zero-order valence-electron chi connectivity index (χ0n) is 12.7. The number of hydrogen-bond donors (Lipinski definition) is 2. The molecule has 7 nitrogen and oxygen atoms in total. The van der Waals surface area contributed by atoms with E-state index in [1.165, 1.54) is 4.90 Å². The smallest absolute Gasteiger partial charge is 0.269 e. The number of anilines is 3. The fraction of sp³-hybridized carbons (Fsp3) is 0.250. The van der Waals surface area contributed by atoms with E-state index in [1.54, 1.807) is 31.2 Å². The first kappa shape index (κ1) is 15.0. The Kier molecular flexibility index (Phi) is 3.92. The second-order valence-corrected chi connectivity index (χ2v) is 5.23. The van der Waals surface area contributed by atoms with E-state index in [-0.39, 0.29) is 5.91 Å². The highest BCUT2D eigenvalue weighted by atomic mass is 16.5. The topological polar surface area (TPSA) is 104 Å². The van der Waals surface area contributed by atoms with E-state index >= 15 is 0 Å². The molecule has 1 aromatic heterocycles. The second-order valence-electron chi connectivity index (χ2n) is 5.23. The van der Waals surface area contributed by atoms with Crippen molar-refractivity contribution in [1.29, 1.82) is 0 Å². The first-order chi connectivity index (χ1) is 11.0. The molecule has 1 atom stereocenters. The number of pyridine rings is 1. The Balaban J connectivity index is 1.74. The lowest BCUT2D eigenvalue weighted by Gasteiger charge is -2.31. The van der Waals surface area contributed by atoms with Gasteiger partial charge in [0.05, 0.1) is 6.54 Å². The fourth-order valence-electron chi connectivity index (χ4n) is 2.38. The molecule has 0 radical (unpaired) electrons. The van der Waals surface area contributed by atoms with Gasteiger partial charge in [-0.05, 0) is 31.2 Å². The summed E-state index contributed by atoms with van der Waals surface area (Å²) in [5.41, 5.74) is 12.0. The van der Waals surface area contributed by atoms with Crippen molar-refractivity contribution in [3.05, 3.63) is 36.4 Å².